The monoisotopic (exact) mass is 784 g/mol. The molecule has 10 rings (SSSR count). The molecule has 5 nitrogen and oxygen atoms in total. The van der Waals surface area contributed by atoms with Gasteiger partial charge in [0.15, 0.2) is 6.10 Å². The van der Waals surface area contributed by atoms with Gasteiger partial charge in [0.2, 0.25) is 5.90 Å². The molecule has 0 saturated heterocycles. The lowest BCUT2D eigenvalue weighted by Gasteiger charge is -2.42. The summed E-state index contributed by atoms with van der Waals surface area (Å²) in [4.78, 5) is 12.9. The maximum atomic E-state index is 6.97. The molecule has 298 valence electrons. The van der Waals surface area contributed by atoms with Crippen molar-refractivity contribution in [3.8, 4) is 5.82 Å². The molecule has 4 heterocycles. The molecular formula is C55H52N4O. The summed E-state index contributed by atoms with van der Waals surface area (Å²) in [6.07, 6.45) is 1.72. The molecule has 0 fully saturated rings. The van der Waals surface area contributed by atoms with Crippen molar-refractivity contribution in [2.75, 3.05) is 4.90 Å². The molecule has 0 bridgehead atoms. The lowest BCUT2D eigenvalue weighted by Crippen LogP contribution is -2.30. The lowest BCUT2D eigenvalue weighted by molar-refractivity contribution is 0.197. The van der Waals surface area contributed by atoms with E-state index < -0.39 is 0 Å². The Morgan fingerprint density at radius 3 is 2.10 bits per heavy atom. The number of benzene rings is 6. The van der Waals surface area contributed by atoms with Crippen molar-refractivity contribution in [3.63, 3.8) is 0 Å². The number of ether oxygens (including phenoxy) is 1. The van der Waals surface area contributed by atoms with E-state index in [2.05, 4.69) is 210 Å². The number of aryl methyl sites for hydroxylation is 1. The Hall–Kier alpha value is -6.46. The van der Waals surface area contributed by atoms with Crippen molar-refractivity contribution in [1.82, 2.24) is 9.55 Å². The van der Waals surface area contributed by atoms with Crippen molar-refractivity contribution >= 4 is 44.8 Å². The van der Waals surface area contributed by atoms with E-state index in [1.807, 2.05) is 6.20 Å². The summed E-state index contributed by atoms with van der Waals surface area (Å²) in [6, 6.07) is 52.9. The first-order valence-electron chi connectivity index (χ1n) is 21.3. The van der Waals surface area contributed by atoms with Crippen LogP contribution in [0.4, 0.5) is 17.1 Å². The fraction of sp³-hybridized carbons (Fsp3) is 0.236. The maximum absolute atomic E-state index is 6.97. The van der Waals surface area contributed by atoms with Crippen LogP contribution < -0.4 is 4.90 Å². The zero-order valence-corrected chi connectivity index (χ0v) is 35.9. The molecule has 0 aliphatic carbocycles. The zero-order chi connectivity index (χ0) is 41.5. The van der Waals surface area contributed by atoms with E-state index in [4.69, 9.17) is 14.7 Å². The van der Waals surface area contributed by atoms with Crippen LogP contribution in [-0.4, -0.2) is 15.4 Å². The van der Waals surface area contributed by atoms with Crippen LogP contribution in [-0.2, 0) is 15.6 Å². The minimum absolute atomic E-state index is 0.0224. The molecule has 8 aromatic rings. The summed E-state index contributed by atoms with van der Waals surface area (Å²) >= 11 is 0. The van der Waals surface area contributed by atoms with E-state index in [-0.39, 0.29) is 28.9 Å². The first kappa shape index (κ1) is 37.8. The van der Waals surface area contributed by atoms with Gasteiger partial charge in [-0.15, -0.1) is 0 Å². The van der Waals surface area contributed by atoms with Crippen LogP contribution in [0.25, 0.3) is 27.6 Å². The van der Waals surface area contributed by atoms with Gasteiger partial charge in [-0.3, -0.25) is 4.57 Å². The van der Waals surface area contributed by atoms with Gasteiger partial charge < -0.3 is 9.64 Å². The van der Waals surface area contributed by atoms with Gasteiger partial charge in [-0.05, 0) is 112 Å². The Labute approximate surface area is 354 Å². The van der Waals surface area contributed by atoms with Gasteiger partial charge in [-0.1, -0.05) is 139 Å². The standard InChI is InChI=1S/C55H52N4O/c1-34(2)38-28-39(53-57-51(36-17-11-9-12-18-36)52(60-53)37-19-13-10-14-20-37)30-41(29-38)58-47-22-16-15-21-44(47)55(7,8)45-32-43-42-27-35(3)23-24-46(42)59(48(43)33-49(45)58)50-31-40(25-26-56-50)54(4,5)6/h9-34,51-52H,1-8H3/t51-,52-/m1/s1. The molecule has 0 radical (unpaired) electrons. The quantitative estimate of drug-likeness (QED) is 0.169. The molecule has 0 amide bonds. The van der Waals surface area contributed by atoms with Gasteiger partial charge in [0.25, 0.3) is 0 Å². The number of para-hydroxylation sites is 1. The zero-order valence-electron chi connectivity index (χ0n) is 35.9. The van der Waals surface area contributed by atoms with Crippen LogP contribution in [0.2, 0.25) is 0 Å². The number of nitrogens with zero attached hydrogens (tertiary/aromatic N) is 4. The number of aromatic nitrogens is 2. The highest BCUT2D eigenvalue weighted by Crippen LogP contribution is 2.54. The van der Waals surface area contributed by atoms with Crippen LogP contribution in [0.5, 0.6) is 0 Å². The number of hydrogen-bond donors (Lipinski definition) is 0. The van der Waals surface area contributed by atoms with Crippen molar-refractivity contribution in [2.24, 2.45) is 4.99 Å². The summed E-state index contributed by atoms with van der Waals surface area (Å²) in [5.41, 5.74) is 14.9. The van der Waals surface area contributed by atoms with Crippen molar-refractivity contribution < 1.29 is 4.74 Å². The predicted octanol–water partition coefficient (Wildman–Crippen LogP) is 14.3. The molecule has 60 heavy (non-hydrogen) atoms. The molecule has 0 N–H and O–H groups in total. The molecule has 2 aliphatic rings. The maximum Gasteiger partial charge on any atom is 0.217 e. The largest absolute Gasteiger partial charge is 0.467 e. The van der Waals surface area contributed by atoms with Gasteiger partial charge in [0.05, 0.1) is 22.4 Å². The summed E-state index contributed by atoms with van der Waals surface area (Å²) in [5.74, 6) is 1.86. The Morgan fingerprint density at radius 2 is 1.37 bits per heavy atom. The molecule has 2 aliphatic heterocycles. The highest BCUT2D eigenvalue weighted by molar-refractivity contribution is 6.12. The number of aliphatic imine (C=N–C) groups is 1. The topological polar surface area (TPSA) is 42.7 Å². The molecule has 0 spiro atoms. The van der Waals surface area contributed by atoms with E-state index in [1.54, 1.807) is 0 Å². The summed E-state index contributed by atoms with van der Waals surface area (Å²) in [5, 5.41) is 2.46. The number of pyridine rings is 1. The molecule has 0 saturated carbocycles. The van der Waals surface area contributed by atoms with Crippen molar-refractivity contribution in [2.45, 2.75) is 84.3 Å². The highest BCUT2D eigenvalue weighted by atomic mass is 16.5. The fourth-order valence-electron chi connectivity index (χ4n) is 9.42. The van der Waals surface area contributed by atoms with Gasteiger partial charge in [-0.25, -0.2) is 9.98 Å². The van der Waals surface area contributed by atoms with Gasteiger partial charge in [0, 0.05) is 33.6 Å². The van der Waals surface area contributed by atoms with E-state index in [0.29, 0.717) is 5.90 Å². The second-order valence-corrected chi connectivity index (χ2v) is 18.6. The first-order chi connectivity index (χ1) is 28.9. The van der Waals surface area contributed by atoms with Crippen LogP contribution in [0.15, 0.2) is 157 Å². The Balaban J connectivity index is 1.21. The third kappa shape index (κ3) is 6.22. The molecule has 6 aromatic carbocycles. The molecule has 5 heteroatoms. The smallest absolute Gasteiger partial charge is 0.217 e. The minimum Gasteiger partial charge on any atom is -0.467 e. The third-order valence-electron chi connectivity index (χ3n) is 12.8. The second-order valence-electron chi connectivity index (χ2n) is 18.6. The average Bonchev–Trinajstić information content (AvgIpc) is 3.83. The number of anilines is 3. The SMILES string of the molecule is Cc1ccc2c(c1)c1cc3c(cc1n2-c1cc(C(C)(C)C)ccn1)N(c1cc(C2=N[C@H](c4ccccc4)[C@@H](c4ccccc4)O2)cc(C(C)C)c1)c1ccccc1C3(C)C. The molecule has 2 atom stereocenters. The number of fused-ring (bicyclic) bond motifs is 5. The molecule has 2 aromatic heterocycles. The Bertz CT molecular complexity index is 2970. The normalized spacial score (nSPS) is 17.1. The summed E-state index contributed by atoms with van der Waals surface area (Å²) < 4.78 is 9.34. The number of rotatable bonds is 6. The van der Waals surface area contributed by atoms with Crippen molar-refractivity contribution in [1.29, 1.82) is 0 Å². The van der Waals surface area contributed by atoms with Crippen LogP contribution in [0, 0.1) is 6.92 Å². The number of hydrogen-bond acceptors (Lipinski definition) is 4. The van der Waals surface area contributed by atoms with E-state index >= 15 is 0 Å². The Kier molecular flexibility index (Phi) is 8.87. The highest BCUT2D eigenvalue weighted by Gasteiger charge is 2.39. The van der Waals surface area contributed by atoms with Gasteiger partial charge >= 0.3 is 0 Å². The lowest BCUT2D eigenvalue weighted by atomic mass is 9.73. The van der Waals surface area contributed by atoms with Crippen LogP contribution in [0.1, 0.15) is 111 Å². The second kappa shape index (κ2) is 14.1. The van der Waals surface area contributed by atoms with Gasteiger partial charge in [-0.2, -0.15) is 0 Å². The molecule has 0 unspecified atom stereocenters. The van der Waals surface area contributed by atoms with Crippen molar-refractivity contribution in [3.05, 3.63) is 196 Å². The van der Waals surface area contributed by atoms with E-state index in [1.165, 1.54) is 44.3 Å². The third-order valence-corrected chi connectivity index (χ3v) is 12.8. The fourth-order valence-corrected chi connectivity index (χ4v) is 9.42. The summed E-state index contributed by atoms with van der Waals surface area (Å²) in [6.45, 7) is 18.3. The van der Waals surface area contributed by atoms with Crippen LogP contribution >= 0.6 is 0 Å². The first-order valence-corrected chi connectivity index (χ1v) is 21.3. The van der Waals surface area contributed by atoms with Crippen LogP contribution in [0.3, 0.4) is 0 Å². The Morgan fingerprint density at radius 1 is 0.667 bits per heavy atom. The molecular weight excluding hydrogens is 733 g/mol. The minimum atomic E-state index is -0.276. The predicted molar refractivity (Wildman–Crippen MR) is 249 cm³/mol. The van der Waals surface area contributed by atoms with Gasteiger partial charge in [0.1, 0.15) is 11.9 Å². The average molecular weight is 785 g/mol. The van der Waals surface area contributed by atoms with E-state index in [9.17, 15) is 0 Å². The summed E-state index contributed by atoms with van der Waals surface area (Å²) in [7, 11) is 0. The van der Waals surface area contributed by atoms with E-state index in [0.717, 1.165) is 44.9 Å².